The first-order valence-corrected chi connectivity index (χ1v) is 8.52. The molecule has 0 aliphatic carbocycles. The lowest BCUT2D eigenvalue weighted by molar-refractivity contribution is 0.265. The van der Waals surface area contributed by atoms with Gasteiger partial charge in [-0.2, -0.15) is 9.40 Å². The molecule has 1 fully saturated rings. The Hall–Kier alpha value is -0.920. The van der Waals surface area contributed by atoms with Crippen LogP contribution in [-0.2, 0) is 17.1 Å². The molecule has 2 heterocycles. The van der Waals surface area contributed by atoms with Gasteiger partial charge in [0, 0.05) is 20.1 Å². The number of hydrogen-bond donors (Lipinski definition) is 1. The molecule has 0 aromatic carbocycles. The second-order valence-electron chi connectivity index (χ2n) is 5.55. The summed E-state index contributed by atoms with van der Waals surface area (Å²) in [6.07, 6.45) is 2.78. The minimum Gasteiger partial charge on any atom is -0.330 e. The van der Waals surface area contributed by atoms with E-state index in [0.717, 1.165) is 19.3 Å². The summed E-state index contributed by atoms with van der Waals surface area (Å²) >= 11 is 0. The molecule has 1 aliphatic heterocycles. The van der Waals surface area contributed by atoms with Crippen LogP contribution >= 0.6 is 0 Å². The summed E-state index contributed by atoms with van der Waals surface area (Å²) in [7, 11) is -1.65. The summed E-state index contributed by atoms with van der Waals surface area (Å²) in [5.74, 6) is 0.558. The largest absolute Gasteiger partial charge is 0.330 e. The zero-order valence-corrected chi connectivity index (χ0v) is 13.3. The second-order valence-corrected chi connectivity index (χ2v) is 7.42. The molecule has 2 N–H and O–H groups in total. The van der Waals surface area contributed by atoms with Crippen molar-refractivity contribution in [1.29, 1.82) is 0 Å². The molecule has 20 heavy (non-hydrogen) atoms. The van der Waals surface area contributed by atoms with Crippen molar-refractivity contribution in [3.8, 4) is 0 Å². The number of hydrogen-bond acceptors (Lipinski definition) is 4. The van der Waals surface area contributed by atoms with E-state index in [9.17, 15) is 8.42 Å². The molecule has 6 nitrogen and oxygen atoms in total. The lowest BCUT2D eigenvalue weighted by atomic mass is 9.95. The molecule has 0 atom stereocenters. The van der Waals surface area contributed by atoms with Crippen LogP contribution in [0.25, 0.3) is 0 Å². The topological polar surface area (TPSA) is 81.2 Å². The molecule has 1 aliphatic rings. The molecule has 0 unspecified atom stereocenters. The fourth-order valence-electron chi connectivity index (χ4n) is 2.93. The van der Waals surface area contributed by atoms with Crippen molar-refractivity contribution in [3.05, 3.63) is 11.4 Å². The lowest BCUT2D eigenvalue weighted by Gasteiger charge is -2.31. The fourth-order valence-corrected chi connectivity index (χ4v) is 4.80. The number of sulfonamides is 1. The first kappa shape index (κ1) is 15.5. The Morgan fingerprint density at radius 1 is 1.30 bits per heavy atom. The summed E-state index contributed by atoms with van der Waals surface area (Å²) in [6.45, 7) is 5.40. The van der Waals surface area contributed by atoms with E-state index in [1.54, 1.807) is 29.9 Å². The van der Waals surface area contributed by atoms with E-state index in [2.05, 4.69) is 5.10 Å². The van der Waals surface area contributed by atoms with Crippen molar-refractivity contribution >= 4 is 10.0 Å². The van der Waals surface area contributed by atoms with Gasteiger partial charge in [0.05, 0.1) is 11.4 Å². The van der Waals surface area contributed by atoms with Gasteiger partial charge < -0.3 is 5.73 Å². The minimum atomic E-state index is -3.42. The van der Waals surface area contributed by atoms with Crippen LogP contribution in [0.2, 0.25) is 0 Å². The maximum atomic E-state index is 12.8. The maximum Gasteiger partial charge on any atom is 0.246 e. The number of piperidine rings is 1. The van der Waals surface area contributed by atoms with Crippen molar-refractivity contribution in [2.75, 3.05) is 19.6 Å². The van der Waals surface area contributed by atoms with Crippen molar-refractivity contribution in [2.24, 2.45) is 18.7 Å². The standard InChI is InChI=1S/C13H24N4O2S/c1-10-13(11(2)16(3)15-10)20(18,19)17-8-5-12(4-7-14)6-9-17/h12H,4-9,14H2,1-3H3. The van der Waals surface area contributed by atoms with Gasteiger partial charge in [0.15, 0.2) is 0 Å². The predicted molar refractivity (Wildman–Crippen MR) is 77.8 cm³/mol. The van der Waals surface area contributed by atoms with Crippen LogP contribution in [0, 0.1) is 19.8 Å². The highest BCUT2D eigenvalue weighted by Gasteiger charge is 2.33. The summed E-state index contributed by atoms with van der Waals surface area (Å²) in [5.41, 5.74) is 6.85. The Morgan fingerprint density at radius 3 is 2.35 bits per heavy atom. The molecule has 0 saturated carbocycles. The van der Waals surface area contributed by atoms with Crippen molar-refractivity contribution in [3.63, 3.8) is 0 Å². The fraction of sp³-hybridized carbons (Fsp3) is 0.769. The van der Waals surface area contributed by atoms with Crippen LogP contribution in [0.15, 0.2) is 4.90 Å². The van der Waals surface area contributed by atoms with Gasteiger partial charge in [0.2, 0.25) is 10.0 Å². The van der Waals surface area contributed by atoms with Gasteiger partial charge in [-0.25, -0.2) is 8.42 Å². The van der Waals surface area contributed by atoms with Crippen LogP contribution in [0.1, 0.15) is 30.7 Å². The van der Waals surface area contributed by atoms with E-state index in [4.69, 9.17) is 5.73 Å². The molecule has 0 amide bonds. The molecular formula is C13H24N4O2S. The Bertz CT molecular complexity index is 571. The minimum absolute atomic E-state index is 0.372. The smallest absolute Gasteiger partial charge is 0.246 e. The third kappa shape index (κ3) is 2.75. The highest BCUT2D eigenvalue weighted by molar-refractivity contribution is 7.89. The SMILES string of the molecule is Cc1nn(C)c(C)c1S(=O)(=O)N1CCC(CCN)CC1. The first-order valence-electron chi connectivity index (χ1n) is 7.08. The average molecular weight is 300 g/mol. The van der Waals surface area contributed by atoms with Gasteiger partial charge in [-0.1, -0.05) is 0 Å². The third-order valence-electron chi connectivity index (χ3n) is 4.19. The molecule has 7 heteroatoms. The van der Waals surface area contributed by atoms with Gasteiger partial charge in [-0.3, -0.25) is 4.68 Å². The Kier molecular flexibility index (Phi) is 4.51. The first-order chi connectivity index (χ1) is 9.37. The van der Waals surface area contributed by atoms with Gasteiger partial charge >= 0.3 is 0 Å². The van der Waals surface area contributed by atoms with Crippen LogP contribution in [0.4, 0.5) is 0 Å². The monoisotopic (exact) mass is 300 g/mol. The molecule has 1 aromatic rings. The van der Waals surface area contributed by atoms with E-state index in [1.165, 1.54) is 0 Å². The third-order valence-corrected chi connectivity index (χ3v) is 6.34. The predicted octanol–water partition coefficient (Wildman–Crippen LogP) is 0.786. The lowest BCUT2D eigenvalue weighted by Crippen LogP contribution is -2.39. The van der Waals surface area contributed by atoms with Gasteiger partial charge in [0.25, 0.3) is 0 Å². The van der Waals surface area contributed by atoms with Crippen LogP contribution in [0.5, 0.6) is 0 Å². The molecule has 1 saturated heterocycles. The number of rotatable bonds is 4. The highest BCUT2D eigenvalue weighted by Crippen LogP contribution is 2.28. The Labute approximate surface area is 121 Å². The number of aryl methyl sites for hydroxylation is 2. The van der Waals surface area contributed by atoms with Crippen LogP contribution in [0.3, 0.4) is 0 Å². The summed E-state index contributed by atoms with van der Waals surface area (Å²) in [4.78, 5) is 0.372. The molecule has 2 rings (SSSR count). The molecular weight excluding hydrogens is 276 g/mol. The number of aromatic nitrogens is 2. The van der Waals surface area contributed by atoms with Crippen molar-refractivity contribution in [1.82, 2.24) is 14.1 Å². The van der Waals surface area contributed by atoms with E-state index < -0.39 is 10.0 Å². The normalized spacial score (nSPS) is 18.6. The van der Waals surface area contributed by atoms with Crippen molar-refractivity contribution in [2.45, 2.75) is 38.0 Å². The van der Waals surface area contributed by atoms with E-state index in [-0.39, 0.29) is 0 Å². The number of nitrogens with two attached hydrogens (primary N) is 1. The molecule has 0 radical (unpaired) electrons. The number of nitrogens with zero attached hydrogens (tertiary/aromatic N) is 3. The van der Waals surface area contributed by atoms with Crippen molar-refractivity contribution < 1.29 is 8.42 Å². The highest BCUT2D eigenvalue weighted by atomic mass is 32.2. The molecule has 0 bridgehead atoms. The zero-order chi connectivity index (χ0) is 14.9. The molecule has 0 spiro atoms. The second kappa shape index (κ2) is 5.83. The summed E-state index contributed by atoms with van der Waals surface area (Å²) in [5, 5.41) is 4.21. The zero-order valence-electron chi connectivity index (χ0n) is 12.5. The van der Waals surface area contributed by atoms with E-state index in [0.29, 0.717) is 41.8 Å². The van der Waals surface area contributed by atoms with Crippen LogP contribution in [-0.4, -0.2) is 42.1 Å². The summed E-state index contributed by atoms with van der Waals surface area (Å²) in [6, 6.07) is 0. The van der Waals surface area contributed by atoms with Gasteiger partial charge in [-0.15, -0.1) is 0 Å². The van der Waals surface area contributed by atoms with E-state index >= 15 is 0 Å². The Balaban J connectivity index is 2.20. The summed E-state index contributed by atoms with van der Waals surface area (Å²) < 4.78 is 28.7. The quantitative estimate of drug-likeness (QED) is 0.891. The van der Waals surface area contributed by atoms with Gasteiger partial charge in [0.1, 0.15) is 4.90 Å². The van der Waals surface area contributed by atoms with E-state index in [1.807, 2.05) is 0 Å². The maximum absolute atomic E-state index is 12.8. The Morgan fingerprint density at radius 2 is 1.90 bits per heavy atom. The molecule has 1 aromatic heterocycles. The van der Waals surface area contributed by atoms with Crippen LogP contribution < -0.4 is 5.73 Å². The van der Waals surface area contributed by atoms with Gasteiger partial charge in [-0.05, 0) is 45.6 Å². The average Bonchev–Trinajstić information content (AvgIpc) is 2.64. The molecule has 114 valence electrons.